The molecule has 0 aliphatic heterocycles. The van der Waals surface area contributed by atoms with E-state index >= 15 is 0 Å². The fourth-order valence-corrected chi connectivity index (χ4v) is 3.76. The second-order valence-corrected chi connectivity index (χ2v) is 6.92. The summed E-state index contributed by atoms with van der Waals surface area (Å²) < 4.78 is 2.17. The van der Waals surface area contributed by atoms with E-state index in [4.69, 9.17) is 17.3 Å². The number of hydrogen-bond acceptors (Lipinski definition) is 3. The summed E-state index contributed by atoms with van der Waals surface area (Å²) in [6.07, 6.45) is 0. The van der Waals surface area contributed by atoms with Crippen LogP contribution >= 0.6 is 38.9 Å². The van der Waals surface area contributed by atoms with Gasteiger partial charge in [-0.15, -0.1) is 11.3 Å². The Bertz CT molecular complexity index is 772. The minimum atomic E-state index is 0.0680. The molecule has 108 valence electrons. The third kappa shape index (κ3) is 3.09. The number of hydrogen-bond donors (Lipinski definition) is 2. The van der Waals surface area contributed by atoms with Crippen LogP contribution < -0.4 is 11.1 Å². The molecule has 1 unspecified atom stereocenters. The topological polar surface area (TPSA) is 38.0 Å². The molecule has 21 heavy (non-hydrogen) atoms. The van der Waals surface area contributed by atoms with Gasteiger partial charge in [0.05, 0.1) is 11.1 Å². The molecule has 0 fully saturated rings. The highest BCUT2D eigenvalue weighted by atomic mass is 79.9. The van der Waals surface area contributed by atoms with Crippen LogP contribution in [-0.2, 0) is 0 Å². The van der Waals surface area contributed by atoms with Crippen molar-refractivity contribution < 1.29 is 0 Å². The highest BCUT2D eigenvalue weighted by Crippen LogP contribution is 2.33. The van der Waals surface area contributed by atoms with Gasteiger partial charge < -0.3 is 11.1 Å². The van der Waals surface area contributed by atoms with E-state index in [2.05, 4.69) is 50.9 Å². The van der Waals surface area contributed by atoms with Gasteiger partial charge in [0.15, 0.2) is 0 Å². The van der Waals surface area contributed by atoms with E-state index < -0.39 is 0 Å². The number of fused-ring (bicyclic) bond motifs is 1. The van der Waals surface area contributed by atoms with Gasteiger partial charge in [0.25, 0.3) is 0 Å². The SMILES string of the molecule is NCC(Nc1ccc(Br)c(Cl)c1)c1csc2ccccc12. The molecule has 1 aromatic heterocycles. The fraction of sp³-hybridized carbons (Fsp3) is 0.125. The summed E-state index contributed by atoms with van der Waals surface area (Å²) in [7, 11) is 0. The number of nitrogens with two attached hydrogens (primary N) is 1. The van der Waals surface area contributed by atoms with Gasteiger partial charge in [0, 0.05) is 21.4 Å². The average molecular weight is 382 g/mol. The summed E-state index contributed by atoms with van der Waals surface area (Å²) >= 11 is 11.3. The molecular formula is C16H14BrClN2S. The smallest absolute Gasteiger partial charge is 0.0650 e. The standard InChI is InChI=1S/C16H14BrClN2S/c17-13-6-5-10(7-14(13)18)20-15(8-19)12-9-21-16-4-2-1-3-11(12)16/h1-7,9,15,20H,8,19H2. The van der Waals surface area contributed by atoms with Gasteiger partial charge in [-0.1, -0.05) is 29.8 Å². The van der Waals surface area contributed by atoms with Crippen LogP contribution in [0.15, 0.2) is 52.3 Å². The maximum atomic E-state index is 6.14. The molecule has 1 atom stereocenters. The first kappa shape index (κ1) is 14.9. The van der Waals surface area contributed by atoms with Crippen molar-refractivity contribution in [2.45, 2.75) is 6.04 Å². The Hall–Kier alpha value is -1.07. The zero-order chi connectivity index (χ0) is 14.8. The minimum Gasteiger partial charge on any atom is -0.377 e. The zero-order valence-electron chi connectivity index (χ0n) is 11.1. The van der Waals surface area contributed by atoms with Crippen molar-refractivity contribution in [3.63, 3.8) is 0 Å². The van der Waals surface area contributed by atoms with Gasteiger partial charge in [-0.3, -0.25) is 0 Å². The number of thiophene rings is 1. The molecule has 0 radical (unpaired) electrons. The Balaban J connectivity index is 1.93. The lowest BCUT2D eigenvalue weighted by molar-refractivity contribution is 0.799. The van der Waals surface area contributed by atoms with E-state index in [9.17, 15) is 0 Å². The molecular weight excluding hydrogens is 368 g/mol. The van der Waals surface area contributed by atoms with E-state index in [-0.39, 0.29) is 6.04 Å². The maximum absolute atomic E-state index is 6.14. The van der Waals surface area contributed by atoms with E-state index in [1.54, 1.807) is 11.3 Å². The number of rotatable bonds is 4. The molecule has 3 N–H and O–H groups in total. The van der Waals surface area contributed by atoms with Crippen LogP contribution in [0, 0.1) is 0 Å². The normalized spacial score (nSPS) is 12.5. The summed E-state index contributed by atoms with van der Waals surface area (Å²) in [5.41, 5.74) is 8.17. The first-order valence-corrected chi connectivity index (χ1v) is 8.62. The average Bonchev–Trinajstić information content (AvgIpc) is 2.92. The van der Waals surface area contributed by atoms with E-state index in [0.717, 1.165) is 10.2 Å². The molecule has 0 spiro atoms. The molecule has 5 heteroatoms. The Kier molecular flexibility index (Phi) is 4.50. The first-order chi connectivity index (χ1) is 10.2. The molecule has 3 aromatic rings. The van der Waals surface area contributed by atoms with Crippen LogP contribution in [0.1, 0.15) is 11.6 Å². The zero-order valence-corrected chi connectivity index (χ0v) is 14.3. The van der Waals surface area contributed by atoms with Gasteiger partial charge in [0.1, 0.15) is 0 Å². The monoisotopic (exact) mass is 380 g/mol. The molecule has 0 saturated heterocycles. The third-order valence-corrected chi connectivity index (χ3v) is 5.60. The number of halogens is 2. The highest BCUT2D eigenvalue weighted by Gasteiger charge is 2.14. The molecule has 1 heterocycles. The molecule has 0 bridgehead atoms. The molecule has 2 aromatic carbocycles. The quantitative estimate of drug-likeness (QED) is 0.632. The minimum absolute atomic E-state index is 0.0680. The van der Waals surface area contributed by atoms with Crippen molar-refractivity contribution in [3.05, 3.63) is 62.9 Å². The first-order valence-electron chi connectivity index (χ1n) is 6.57. The van der Waals surface area contributed by atoms with Crippen LogP contribution in [0.3, 0.4) is 0 Å². The molecule has 0 aliphatic rings. The number of benzene rings is 2. The van der Waals surface area contributed by atoms with Crippen molar-refractivity contribution in [1.29, 1.82) is 0 Å². The summed E-state index contributed by atoms with van der Waals surface area (Å²) in [6.45, 7) is 0.522. The van der Waals surface area contributed by atoms with Gasteiger partial charge in [0.2, 0.25) is 0 Å². The molecule has 0 saturated carbocycles. The summed E-state index contributed by atoms with van der Waals surface area (Å²) in [5, 5.41) is 7.59. The van der Waals surface area contributed by atoms with Crippen LogP contribution in [-0.4, -0.2) is 6.54 Å². The summed E-state index contributed by atoms with van der Waals surface area (Å²) in [5.74, 6) is 0. The lowest BCUT2D eigenvalue weighted by Gasteiger charge is -2.18. The van der Waals surface area contributed by atoms with Crippen molar-refractivity contribution in [3.8, 4) is 0 Å². The van der Waals surface area contributed by atoms with Crippen LogP contribution in [0.5, 0.6) is 0 Å². The van der Waals surface area contributed by atoms with Gasteiger partial charge in [-0.25, -0.2) is 0 Å². The van der Waals surface area contributed by atoms with Gasteiger partial charge >= 0.3 is 0 Å². The second-order valence-electron chi connectivity index (χ2n) is 4.75. The molecule has 2 nitrogen and oxygen atoms in total. The van der Waals surface area contributed by atoms with Crippen LogP contribution in [0.4, 0.5) is 5.69 Å². The Morgan fingerprint density at radius 3 is 2.81 bits per heavy atom. The largest absolute Gasteiger partial charge is 0.377 e. The predicted octanol–water partition coefficient (Wildman–Crippen LogP) is 5.43. The van der Waals surface area contributed by atoms with Gasteiger partial charge in [-0.2, -0.15) is 0 Å². The number of nitrogens with one attached hydrogen (secondary N) is 1. The summed E-state index contributed by atoms with van der Waals surface area (Å²) in [6, 6.07) is 14.3. The predicted molar refractivity (Wildman–Crippen MR) is 96.4 cm³/mol. The second kappa shape index (κ2) is 6.36. The van der Waals surface area contributed by atoms with Crippen molar-refractivity contribution in [2.24, 2.45) is 5.73 Å². The molecule has 0 aliphatic carbocycles. The fourth-order valence-electron chi connectivity index (χ4n) is 2.32. The van der Waals surface area contributed by atoms with E-state index in [0.29, 0.717) is 11.6 Å². The van der Waals surface area contributed by atoms with E-state index in [1.165, 1.54) is 15.6 Å². The molecule has 0 amide bonds. The van der Waals surface area contributed by atoms with Crippen LogP contribution in [0.2, 0.25) is 5.02 Å². The van der Waals surface area contributed by atoms with E-state index in [1.807, 2.05) is 18.2 Å². The van der Waals surface area contributed by atoms with Crippen molar-refractivity contribution >= 4 is 54.6 Å². The van der Waals surface area contributed by atoms with Gasteiger partial charge in [-0.05, 0) is 56.5 Å². The lowest BCUT2D eigenvalue weighted by Crippen LogP contribution is -2.20. The number of anilines is 1. The van der Waals surface area contributed by atoms with Crippen molar-refractivity contribution in [2.75, 3.05) is 11.9 Å². The third-order valence-electron chi connectivity index (χ3n) is 3.38. The van der Waals surface area contributed by atoms with Crippen LogP contribution in [0.25, 0.3) is 10.1 Å². The maximum Gasteiger partial charge on any atom is 0.0650 e. The highest BCUT2D eigenvalue weighted by molar-refractivity contribution is 9.10. The van der Waals surface area contributed by atoms with Crippen molar-refractivity contribution in [1.82, 2.24) is 0 Å². The summed E-state index contributed by atoms with van der Waals surface area (Å²) in [4.78, 5) is 0. The Labute approximate surface area is 141 Å². The Morgan fingerprint density at radius 1 is 1.24 bits per heavy atom. The molecule has 3 rings (SSSR count). The Morgan fingerprint density at radius 2 is 2.05 bits per heavy atom. The lowest BCUT2D eigenvalue weighted by atomic mass is 10.1.